The van der Waals surface area contributed by atoms with E-state index in [1.165, 1.54) is 0 Å². The number of aromatic nitrogens is 4. The van der Waals surface area contributed by atoms with Crippen LogP contribution in [0.1, 0.15) is 57.6 Å². The Morgan fingerprint density at radius 2 is 1.85 bits per heavy atom. The van der Waals surface area contributed by atoms with Crippen molar-refractivity contribution in [3.8, 4) is 0 Å². The predicted octanol–water partition coefficient (Wildman–Crippen LogP) is 3.50. The van der Waals surface area contributed by atoms with Crippen molar-refractivity contribution in [2.75, 3.05) is 6.54 Å². The van der Waals surface area contributed by atoms with Gasteiger partial charge in [-0.1, -0.05) is 44.0 Å². The minimum Gasteiger partial charge on any atom is -0.354 e. The molecule has 1 saturated carbocycles. The number of nitrogens with one attached hydrogen (secondary N) is 1. The van der Waals surface area contributed by atoms with Gasteiger partial charge in [0.15, 0.2) is 0 Å². The number of rotatable bonds is 9. The Morgan fingerprint density at radius 1 is 1.12 bits per heavy atom. The van der Waals surface area contributed by atoms with Gasteiger partial charge in [0.1, 0.15) is 18.1 Å². The highest BCUT2D eigenvalue weighted by molar-refractivity contribution is 5.89. The Hall–Kier alpha value is -3.29. The van der Waals surface area contributed by atoms with Gasteiger partial charge >= 0.3 is 0 Å². The zero-order chi connectivity index (χ0) is 23.2. The largest absolute Gasteiger partial charge is 0.354 e. The minimum absolute atomic E-state index is 0.0151. The smallest absolute Gasteiger partial charge is 0.247 e. The number of pyridine rings is 1. The number of hydrogen-bond acceptors (Lipinski definition) is 5. The second-order valence-electron chi connectivity index (χ2n) is 9.13. The van der Waals surface area contributed by atoms with Crippen LogP contribution in [0.3, 0.4) is 0 Å². The van der Waals surface area contributed by atoms with Gasteiger partial charge in [0.25, 0.3) is 0 Å². The molecule has 2 aromatic heterocycles. The molecule has 0 aliphatic heterocycles. The Morgan fingerprint density at radius 3 is 2.58 bits per heavy atom. The van der Waals surface area contributed by atoms with E-state index in [-0.39, 0.29) is 24.4 Å². The first-order valence-corrected chi connectivity index (χ1v) is 11.8. The summed E-state index contributed by atoms with van der Waals surface area (Å²) < 4.78 is 1.62. The van der Waals surface area contributed by atoms with E-state index in [4.69, 9.17) is 0 Å². The molecule has 33 heavy (non-hydrogen) atoms. The van der Waals surface area contributed by atoms with Crippen LogP contribution in [0.15, 0.2) is 48.8 Å². The minimum atomic E-state index is -0.703. The number of nitrogens with zero attached hydrogens (tertiary/aromatic N) is 5. The molecular formula is C25H32N6O2. The van der Waals surface area contributed by atoms with Gasteiger partial charge in [0.2, 0.25) is 11.8 Å². The summed E-state index contributed by atoms with van der Waals surface area (Å²) >= 11 is 0. The monoisotopic (exact) mass is 448 g/mol. The van der Waals surface area contributed by atoms with Crippen LogP contribution in [0.2, 0.25) is 0 Å². The van der Waals surface area contributed by atoms with Crippen molar-refractivity contribution in [1.82, 2.24) is 30.2 Å². The molecule has 1 aliphatic rings. The molecule has 8 heteroatoms. The van der Waals surface area contributed by atoms with E-state index in [1.807, 2.05) is 36.4 Å². The summed E-state index contributed by atoms with van der Waals surface area (Å²) in [6, 6.07) is 10.5. The molecule has 0 bridgehead atoms. The van der Waals surface area contributed by atoms with E-state index in [1.54, 1.807) is 22.0 Å². The second kappa shape index (κ2) is 10.6. The number of para-hydroxylation sites is 1. The SMILES string of the molecule is CC(C)CCNC(=O)C(c1ccncc1)N(C(=O)Cn1nnc2ccccc21)C1CCCC1. The molecule has 3 aromatic rings. The fourth-order valence-electron chi connectivity index (χ4n) is 4.55. The number of hydrogen-bond donors (Lipinski definition) is 1. The maximum atomic E-state index is 13.8. The van der Waals surface area contributed by atoms with Gasteiger partial charge in [0.05, 0.1) is 5.52 Å². The highest BCUT2D eigenvalue weighted by Gasteiger charge is 2.37. The number of fused-ring (bicyclic) bond motifs is 1. The van der Waals surface area contributed by atoms with Gasteiger partial charge in [-0.3, -0.25) is 14.6 Å². The summed E-state index contributed by atoms with van der Waals surface area (Å²) in [5.74, 6) is 0.210. The van der Waals surface area contributed by atoms with E-state index in [0.717, 1.165) is 48.7 Å². The van der Waals surface area contributed by atoms with Crippen molar-refractivity contribution < 1.29 is 9.59 Å². The summed E-state index contributed by atoms with van der Waals surface area (Å²) in [6.07, 6.45) is 8.13. The first kappa shape index (κ1) is 22.9. The number of carbonyl (C=O) groups excluding carboxylic acids is 2. The fourth-order valence-corrected chi connectivity index (χ4v) is 4.55. The average molecular weight is 449 g/mol. The van der Waals surface area contributed by atoms with Gasteiger partial charge in [-0.2, -0.15) is 0 Å². The van der Waals surface area contributed by atoms with E-state index in [2.05, 4.69) is 34.5 Å². The summed E-state index contributed by atoms with van der Waals surface area (Å²) in [5, 5.41) is 11.4. The molecule has 2 heterocycles. The molecule has 1 aliphatic carbocycles. The summed E-state index contributed by atoms with van der Waals surface area (Å²) in [4.78, 5) is 33.2. The van der Waals surface area contributed by atoms with E-state index in [9.17, 15) is 9.59 Å². The van der Waals surface area contributed by atoms with Crippen LogP contribution >= 0.6 is 0 Å². The number of amides is 2. The fraction of sp³-hybridized carbons (Fsp3) is 0.480. The van der Waals surface area contributed by atoms with Crippen LogP contribution in [0, 0.1) is 5.92 Å². The lowest BCUT2D eigenvalue weighted by Crippen LogP contribution is -2.49. The molecule has 1 unspecified atom stereocenters. The zero-order valence-electron chi connectivity index (χ0n) is 19.4. The van der Waals surface area contributed by atoms with Crippen molar-refractivity contribution in [1.29, 1.82) is 0 Å². The lowest BCUT2D eigenvalue weighted by molar-refractivity contribution is -0.144. The van der Waals surface area contributed by atoms with Crippen molar-refractivity contribution >= 4 is 22.8 Å². The lowest BCUT2D eigenvalue weighted by atomic mass is 10.0. The van der Waals surface area contributed by atoms with Crippen LogP contribution in [-0.2, 0) is 16.1 Å². The molecule has 2 amide bonds. The van der Waals surface area contributed by atoms with Gasteiger partial charge in [-0.05, 0) is 55.0 Å². The normalized spacial score (nSPS) is 15.1. The van der Waals surface area contributed by atoms with Crippen molar-refractivity contribution in [2.45, 2.75) is 64.6 Å². The van der Waals surface area contributed by atoms with Crippen LogP contribution in [0.4, 0.5) is 0 Å². The molecule has 0 spiro atoms. The lowest BCUT2D eigenvalue weighted by Gasteiger charge is -2.36. The standard InChI is InChI=1S/C25H32N6O2/c1-18(2)11-16-27-25(33)24(19-12-14-26-15-13-19)31(20-7-3-4-8-20)23(32)17-30-22-10-6-5-9-21(22)28-29-30/h5-6,9-10,12-15,18,20,24H,3-4,7-8,11,16-17H2,1-2H3,(H,27,33). The third-order valence-corrected chi connectivity index (χ3v) is 6.28. The first-order valence-electron chi connectivity index (χ1n) is 11.8. The Labute approximate surface area is 194 Å². The zero-order valence-corrected chi connectivity index (χ0v) is 19.4. The molecule has 4 rings (SSSR count). The maximum Gasteiger partial charge on any atom is 0.247 e. The van der Waals surface area contributed by atoms with E-state index < -0.39 is 6.04 Å². The first-order chi connectivity index (χ1) is 16.0. The maximum absolute atomic E-state index is 13.8. The molecule has 174 valence electrons. The third-order valence-electron chi connectivity index (χ3n) is 6.28. The van der Waals surface area contributed by atoms with Crippen LogP contribution < -0.4 is 5.32 Å². The predicted molar refractivity (Wildman–Crippen MR) is 126 cm³/mol. The van der Waals surface area contributed by atoms with E-state index in [0.29, 0.717) is 12.5 Å². The van der Waals surface area contributed by atoms with Crippen molar-refractivity contribution in [3.05, 3.63) is 54.4 Å². The van der Waals surface area contributed by atoms with Crippen molar-refractivity contribution in [3.63, 3.8) is 0 Å². The van der Waals surface area contributed by atoms with E-state index >= 15 is 0 Å². The Balaban J connectivity index is 1.65. The van der Waals surface area contributed by atoms with Gasteiger partial charge in [-0.15, -0.1) is 5.10 Å². The van der Waals surface area contributed by atoms with Crippen molar-refractivity contribution in [2.24, 2.45) is 5.92 Å². The van der Waals surface area contributed by atoms with Crippen LogP contribution in [0.5, 0.6) is 0 Å². The van der Waals surface area contributed by atoms with Gasteiger partial charge < -0.3 is 10.2 Å². The highest BCUT2D eigenvalue weighted by Crippen LogP contribution is 2.32. The topological polar surface area (TPSA) is 93.0 Å². The molecule has 8 nitrogen and oxygen atoms in total. The third kappa shape index (κ3) is 5.38. The summed E-state index contributed by atoms with van der Waals surface area (Å²) in [6.45, 7) is 4.88. The molecule has 1 N–H and O–H groups in total. The quantitative estimate of drug-likeness (QED) is 0.541. The summed E-state index contributed by atoms with van der Waals surface area (Å²) in [7, 11) is 0. The molecule has 0 radical (unpaired) electrons. The van der Waals surface area contributed by atoms with Crippen LogP contribution in [-0.4, -0.2) is 49.3 Å². The molecule has 1 aromatic carbocycles. The molecule has 1 atom stereocenters. The second-order valence-corrected chi connectivity index (χ2v) is 9.13. The Kier molecular flexibility index (Phi) is 7.32. The van der Waals surface area contributed by atoms with Gasteiger partial charge in [-0.25, -0.2) is 4.68 Å². The molecule has 0 saturated heterocycles. The highest BCUT2D eigenvalue weighted by atomic mass is 16.2. The molecular weight excluding hydrogens is 416 g/mol. The van der Waals surface area contributed by atoms with Crippen LogP contribution in [0.25, 0.3) is 11.0 Å². The average Bonchev–Trinajstić information content (AvgIpc) is 3.48. The number of benzene rings is 1. The molecule has 1 fully saturated rings. The summed E-state index contributed by atoms with van der Waals surface area (Å²) in [5.41, 5.74) is 2.32. The Bertz CT molecular complexity index is 1070. The van der Waals surface area contributed by atoms with Gasteiger partial charge in [0, 0.05) is 25.0 Å². The number of carbonyl (C=O) groups is 2.